The molecule has 0 aliphatic carbocycles. The van der Waals surface area contributed by atoms with Gasteiger partial charge in [0, 0.05) is 19.5 Å². The van der Waals surface area contributed by atoms with Crippen LogP contribution in [0.25, 0.3) is 0 Å². The van der Waals surface area contributed by atoms with E-state index in [-0.39, 0.29) is 12.1 Å². The van der Waals surface area contributed by atoms with Crippen LogP contribution in [-0.2, 0) is 22.9 Å². The molecule has 6 heteroatoms. The van der Waals surface area contributed by atoms with Crippen LogP contribution in [0.1, 0.15) is 5.82 Å². The zero-order valence-electron chi connectivity index (χ0n) is 8.80. The van der Waals surface area contributed by atoms with Crippen LogP contribution in [0.3, 0.4) is 0 Å². The van der Waals surface area contributed by atoms with Crippen LogP contribution in [0.2, 0.25) is 0 Å². The average Bonchev–Trinajstić information content (AvgIpc) is 2.66. The van der Waals surface area contributed by atoms with Crippen molar-refractivity contribution in [2.75, 3.05) is 19.8 Å². The standard InChI is InChI=1S/C9H16N4O2/c1-13-9(11-6-12-13)4-7(10)8-5-14-2-3-15-8/h6-8H,2-5,10H2,1H3. The number of ether oxygens (including phenoxy) is 2. The second kappa shape index (κ2) is 4.69. The summed E-state index contributed by atoms with van der Waals surface area (Å²) in [5.74, 6) is 0.872. The van der Waals surface area contributed by atoms with Gasteiger partial charge in [-0.3, -0.25) is 4.68 Å². The Hall–Kier alpha value is -0.980. The number of hydrogen-bond donors (Lipinski definition) is 1. The van der Waals surface area contributed by atoms with Crippen LogP contribution in [0.4, 0.5) is 0 Å². The molecule has 1 aliphatic rings. The molecule has 2 N–H and O–H groups in total. The van der Waals surface area contributed by atoms with Crippen molar-refractivity contribution in [1.29, 1.82) is 0 Å². The predicted octanol–water partition coefficient (Wildman–Crippen LogP) is -0.900. The van der Waals surface area contributed by atoms with Crippen molar-refractivity contribution >= 4 is 0 Å². The van der Waals surface area contributed by atoms with Gasteiger partial charge in [0.25, 0.3) is 0 Å². The van der Waals surface area contributed by atoms with Gasteiger partial charge in [-0.1, -0.05) is 0 Å². The zero-order chi connectivity index (χ0) is 10.7. The normalized spacial score (nSPS) is 24.0. The molecule has 0 aromatic carbocycles. The molecule has 2 heterocycles. The first kappa shape index (κ1) is 10.5. The molecule has 2 atom stereocenters. The van der Waals surface area contributed by atoms with Crippen molar-refractivity contribution in [2.24, 2.45) is 12.8 Å². The third kappa shape index (κ3) is 2.53. The largest absolute Gasteiger partial charge is 0.376 e. The average molecular weight is 212 g/mol. The molecule has 2 rings (SSSR count). The molecule has 6 nitrogen and oxygen atoms in total. The number of aryl methyl sites for hydroxylation is 1. The van der Waals surface area contributed by atoms with Crippen LogP contribution in [0.15, 0.2) is 6.33 Å². The predicted molar refractivity (Wildman–Crippen MR) is 53.2 cm³/mol. The minimum Gasteiger partial charge on any atom is -0.376 e. The minimum absolute atomic E-state index is 0.0320. The van der Waals surface area contributed by atoms with Gasteiger partial charge < -0.3 is 15.2 Å². The summed E-state index contributed by atoms with van der Waals surface area (Å²) in [6.45, 7) is 1.85. The van der Waals surface area contributed by atoms with Crippen molar-refractivity contribution in [1.82, 2.24) is 14.8 Å². The van der Waals surface area contributed by atoms with Crippen LogP contribution in [0, 0.1) is 0 Å². The number of aromatic nitrogens is 3. The highest BCUT2D eigenvalue weighted by Crippen LogP contribution is 2.08. The summed E-state index contributed by atoms with van der Waals surface area (Å²) in [7, 11) is 1.85. The molecule has 0 radical (unpaired) electrons. The summed E-state index contributed by atoms with van der Waals surface area (Å²) in [5, 5.41) is 3.99. The van der Waals surface area contributed by atoms with Crippen molar-refractivity contribution in [2.45, 2.75) is 18.6 Å². The Morgan fingerprint density at radius 2 is 2.53 bits per heavy atom. The quantitative estimate of drug-likeness (QED) is 0.702. The number of hydrogen-bond acceptors (Lipinski definition) is 5. The highest BCUT2D eigenvalue weighted by atomic mass is 16.6. The van der Waals surface area contributed by atoms with Gasteiger partial charge in [0.2, 0.25) is 0 Å². The van der Waals surface area contributed by atoms with Gasteiger partial charge in [0.15, 0.2) is 0 Å². The van der Waals surface area contributed by atoms with Gasteiger partial charge in [-0.05, 0) is 0 Å². The van der Waals surface area contributed by atoms with E-state index in [1.165, 1.54) is 6.33 Å². The van der Waals surface area contributed by atoms with Gasteiger partial charge >= 0.3 is 0 Å². The summed E-state index contributed by atoms with van der Waals surface area (Å²) < 4.78 is 12.6. The maximum absolute atomic E-state index is 6.02. The molecule has 0 saturated carbocycles. The Labute approximate surface area is 88.4 Å². The van der Waals surface area contributed by atoms with E-state index in [4.69, 9.17) is 15.2 Å². The fourth-order valence-electron chi connectivity index (χ4n) is 1.60. The Morgan fingerprint density at radius 1 is 1.67 bits per heavy atom. The Balaban J connectivity index is 1.91. The first-order chi connectivity index (χ1) is 7.27. The highest BCUT2D eigenvalue weighted by Gasteiger charge is 2.23. The molecule has 1 aromatic heterocycles. The second-order valence-corrected chi connectivity index (χ2v) is 3.65. The van der Waals surface area contributed by atoms with Gasteiger partial charge in [0.1, 0.15) is 12.2 Å². The van der Waals surface area contributed by atoms with Crippen LogP contribution < -0.4 is 5.73 Å². The lowest BCUT2D eigenvalue weighted by molar-refractivity contribution is -0.0969. The molecular weight excluding hydrogens is 196 g/mol. The molecular formula is C9H16N4O2. The summed E-state index contributed by atoms with van der Waals surface area (Å²) >= 11 is 0. The van der Waals surface area contributed by atoms with Crippen LogP contribution in [-0.4, -0.2) is 46.7 Å². The Bertz CT molecular complexity index is 309. The molecule has 0 bridgehead atoms. The number of rotatable bonds is 3. The summed E-state index contributed by atoms with van der Waals surface area (Å²) in [6.07, 6.45) is 2.15. The van der Waals surface area contributed by atoms with E-state index in [0.29, 0.717) is 26.2 Å². The van der Waals surface area contributed by atoms with E-state index >= 15 is 0 Å². The van der Waals surface area contributed by atoms with E-state index in [0.717, 1.165) is 5.82 Å². The SMILES string of the molecule is Cn1ncnc1CC(N)C1COCCO1. The van der Waals surface area contributed by atoms with Crippen molar-refractivity contribution in [3.8, 4) is 0 Å². The van der Waals surface area contributed by atoms with Crippen molar-refractivity contribution in [3.63, 3.8) is 0 Å². The van der Waals surface area contributed by atoms with Gasteiger partial charge in [-0.15, -0.1) is 0 Å². The first-order valence-corrected chi connectivity index (χ1v) is 5.05. The monoisotopic (exact) mass is 212 g/mol. The van der Waals surface area contributed by atoms with E-state index in [1.54, 1.807) is 4.68 Å². The third-order valence-corrected chi connectivity index (χ3v) is 2.54. The van der Waals surface area contributed by atoms with Gasteiger partial charge in [-0.2, -0.15) is 5.10 Å². The molecule has 1 fully saturated rings. The highest BCUT2D eigenvalue weighted by molar-refractivity contribution is 4.91. The maximum Gasteiger partial charge on any atom is 0.138 e. The third-order valence-electron chi connectivity index (χ3n) is 2.54. The fraction of sp³-hybridized carbons (Fsp3) is 0.778. The Kier molecular flexibility index (Phi) is 3.30. The molecule has 15 heavy (non-hydrogen) atoms. The summed E-state index contributed by atoms with van der Waals surface area (Å²) in [6, 6.07) is -0.0896. The molecule has 0 spiro atoms. The van der Waals surface area contributed by atoms with Crippen LogP contribution in [0.5, 0.6) is 0 Å². The first-order valence-electron chi connectivity index (χ1n) is 5.05. The molecule has 1 aromatic rings. The summed E-state index contributed by atoms with van der Waals surface area (Å²) in [5.41, 5.74) is 6.02. The molecule has 1 aliphatic heterocycles. The lowest BCUT2D eigenvalue weighted by Gasteiger charge is -2.27. The van der Waals surface area contributed by atoms with E-state index < -0.39 is 0 Å². The molecule has 84 valence electrons. The number of nitrogens with zero attached hydrogens (tertiary/aromatic N) is 3. The van der Waals surface area contributed by atoms with Crippen LogP contribution >= 0.6 is 0 Å². The van der Waals surface area contributed by atoms with E-state index in [2.05, 4.69) is 10.1 Å². The Morgan fingerprint density at radius 3 is 3.13 bits per heavy atom. The fourth-order valence-corrected chi connectivity index (χ4v) is 1.60. The zero-order valence-corrected chi connectivity index (χ0v) is 8.80. The minimum atomic E-state index is -0.0896. The summed E-state index contributed by atoms with van der Waals surface area (Å²) in [4.78, 5) is 4.13. The smallest absolute Gasteiger partial charge is 0.138 e. The molecule has 2 unspecified atom stereocenters. The second-order valence-electron chi connectivity index (χ2n) is 3.65. The van der Waals surface area contributed by atoms with Crippen molar-refractivity contribution < 1.29 is 9.47 Å². The van der Waals surface area contributed by atoms with E-state index in [1.807, 2.05) is 7.05 Å². The maximum atomic E-state index is 6.02. The lowest BCUT2D eigenvalue weighted by atomic mass is 10.1. The van der Waals surface area contributed by atoms with Crippen molar-refractivity contribution in [3.05, 3.63) is 12.2 Å². The number of nitrogens with two attached hydrogens (primary N) is 1. The van der Waals surface area contributed by atoms with Gasteiger partial charge in [-0.25, -0.2) is 4.98 Å². The molecule has 0 amide bonds. The van der Waals surface area contributed by atoms with E-state index in [9.17, 15) is 0 Å². The van der Waals surface area contributed by atoms with Gasteiger partial charge in [0.05, 0.1) is 25.9 Å². The topological polar surface area (TPSA) is 75.2 Å². The molecule has 1 saturated heterocycles. The lowest BCUT2D eigenvalue weighted by Crippen LogP contribution is -2.45.